The Morgan fingerprint density at radius 2 is 1.86 bits per heavy atom. The van der Waals surface area contributed by atoms with Crippen LogP contribution in [0.15, 0.2) is 23.3 Å². The summed E-state index contributed by atoms with van der Waals surface area (Å²) in [6.45, 7) is 14.7. The van der Waals surface area contributed by atoms with Crippen molar-refractivity contribution < 1.29 is 24.2 Å². The molecule has 0 spiro atoms. The second-order valence-corrected chi connectivity index (χ2v) is 12.7. The van der Waals surface area contributed by atoms with Crippen LogP contribution >= 0.6 is 0 Å². The molecule has 5 heteroatoms. The molecule has 4 rings (SSSR count). The highest BCUT2D eigenvalue weighted by Gasteiger charge is 2.61. The molecule has 0 aliphatic heterocycles. The summed E-state index contributed by atoms with van der Waals surface area (Å²) in [5.74, 6) is 0.715. The number of Topliss-reactive ketones (excluding diaryl/α,β-unsaturated/α-hetero) is 2. The fraction of sp³-hybridized carbons (Fsp3) is 0.767. The highest BCUT2D eigenvalue weighted by atomic mass is 16.5. The SMILES string of the molecule is C=C(CC[C@@H](C)C1CCC2C3=C(C(=O)C[C@@]21C)[C@@]1(C)CC[C@H](O)[C@@H](C)C1CC3=O)C(C)C(=O)OC. The van der Waals surface area contributed by atoms with Crippen molar-refractivity contribution in [1.29, 1.82) is 0 Å². The van der Waals surface area contributed by atoms with Crippen molar-refractivity contribution in [2.45, 2.75) is 92.1 Å². The predicted octanol–water partition coefficient (Wildman–Crippen LogP) is 5.46. The number of esters is 1. The van der Waals surface area contributed by atoms with Crippen molar-refractivity contribution >= 4 is 17.5 Å². The molecule has 4 aliphatic carbocycles. The summed E-state index contributed by atoms with van der Waals surface area (Å²) in [6, 6.07) is 0. The van der Waals surface area contributed by atoms with E-state index < -0.39 is 0 Å². The molecule has 5 nitrogen and oxygen atoms in total. The number of aliphatic hydroxyl groups excluding tert-OH is 1. The first kappa shape index (κ1) is 26.3. The van der Waals surface area contributed by atoms with Gasteiger partial charge in [0.15, 0.2) is 11.6 Å². The molecular weight excluding hydrogens is 440 g/mol. The van der Waals surface area contributed by atoms with Crippen LogP contribution in [0.4, 0.5) is 0 Å². The lowest BCUT2D eigenvalue weighted by Gasteiger charge is -2.55. The van der Waals surface area contributed by atoms with E-state index in [1.165, 1.54) is 7.11 Å². The van der Waals surface area contributed by atoms with Crippen molar-refractivity contribution in [1.82, 2.24) is 0 Å². The van der Waals surface area contributed by atoms with Gasteiger partial charge in [0.05, 0.1) is 19.1 Å². The summed E-state index contributed by atoms with van der Waals surface area (Å²) in [5, 5.41) is 10.5. The van der Waals surface area contributed by atoms with Crippen LogP contribution in [0.25, 0.3) is 0 Å². The zero-order valence-electron chi connectivity index (χ0n) is 22.5. The molecule has 0 amide bonds. The van der Waals surface area contributed by atoms with Crippen molar-refractivity contribution in [3.63, 3.8) is 0 Å². The molecule has 2 saturated carbocycles. The number of hydrogen-bond acceptors (Lipinski definition) is 5. The maximum absolute atomic E-state index is 13.9. The van der Waals surface area contributed by atoms with Crippen LogP contribution in [0, 0.1) is 46.3 Å². The lowest BCUT2D eigenvalue weighted by atomic mass is 9.48. The third kappa shape index (κ3) is 4.06. The summed E-state index contributed by atoms with van der Waals surface area (Å²) in [4.78, 5) is 39.4. The summed E-state index contributed by atoms with van der Waals surface area (Å²) >= 11 is 0. The van der Waals surface area contributed by atoms with E-state index >= 15 is 0 Å². The molecule has 35 heavy (non-hydrogen) atoms. The van der Waals surface area contributed by atoms with Crippen LogP contribution in [0.2, 0.25) is 0 Å². The average Bonchev–Trinajstić information content (AvgIpc) is 3.16. The summed E-state index contributed by atoms with van der Waals surface area (Å²) in [7, 11) is 1.41. The van der Waals surface area contributed by atoms with E-state index in [0.717, 1.165) is 48.8 Å². The van der Waals surface area contributed by atoms with Gasteiger partial charge in [0.1, 0.15) is 0 Å². The third-order valence-corrected chi connectivity index (χ3v) is 10.9. The van der Waals surface area contributed by atoms with Crippen LogP contribution in [-0.2, 0) is 19.1 Å². The van der Waals surface area contributed by atoms with Gasteiger partial charge in [-0.15, -0.1) is 0 Å². The monoisotopic (exact) mass is 484 g/mol. The van der Waals surface area contributed by atoms with E-state index in [-0.39, 0.29) is 58.1 Å². The summed E-state index contributed by atoms with van der Waals surface area (Å²) in [5.41, 5.74) is 2.07. The highest BCUT2D eigenvalue weighted by Crippen LogP contribution is 2.65. The second-order valence-electron chi connectivity index (χ2n) is 12.7. The summed E-state index contributed by atoms with van der Waals surface area (Å²) in [6.07, 6.45) is 5.71. The zero-order valence-corrected chi connectivity index (χ0v) is 22.5. The van der Waals surface area contributed by atoms with Gasteiger partial charge in [-0.3, -0.25) is 14.4 Å². The number of ether oxygens (including phenoxy) is 1. The van der Waals surface area contributed by atoms with Crippen LogP contribution in [-0.4, -0.2) is 35.9 Å². The lowest BCUT2D eigenvalue weighted by Crippen LogP contribution is -2.53. The Bertz CT molecular complexity index is 962. The Balaban J connectivity index is 1.58. The van der Waals surface area contributed by atoms with Gasteiger partial charge in [0.2, 0.25) is 0 Å². The lowest BCUT2D eigenvalue weighted by molar-refractivity contribution is -0.143. The molecule has 4 unspecified atom stereocenters. The number of hydrogen-bond donors (Lipinski definition) is 1. The molecule has 0 saturated heterocycles. The smallest absolute Gasteiger partial charge is 0.312 e. The number of methoxy groups -OCH3 is 1. The molecule has 0 heterocycles. The zero-order chi connectivity index (χ0) is 25.9. The van der Waals surface area contributed by atoms with Crippen LogP contribution in [0.3, 0.4) is 0 Å². The fourth-order valence-corrected chi connectivity index (χ4v) is 8.60. The number of rotatable bonds is 6. The first-order chi connectivity index (χ1) is 16.4. The largest absolute Gasteiger partial charge is 0.469 e. The van der Waals surface area contributed by atoms with E-state index in [2.05, 4.69) is 27.4 Å². The Labute approximate surface area is 210 Å². The first-order valence-corrected chi connectivity index (χ1v) is 13.6. The van der Waals surface area contributed by atoms with Crippen molar-refractivity contribution in [3.05, 3.63) is 23.3 Å². The topological polar surface area (TPSA) is 80.7 Å². The van der Waals surface area contributed by atoms with Gasteiger partial charge in [0.25, 0.3) is 0 Å². The maximum Gasteiger partial charge on any atom is 0.312 e. The number of fused-ring (bicyclic) bond motifs is 4. The quantitative estimate of drug-likeness (QED) is 0.400. The van der Waals surface area contributed by atoms with Crippen LogP contribution < -0.4 is 0 Å². The van der Waals surface area contributed by atoms with Gasteiger partial charge in [-0.2, -0.15) is 0 Å². The number of aliphatic hydroxyl groups is 1. The molecule has 4 aliphatic rings. The van der Waals surface area contributed by atoms with Gasteiger partial charge in [-0.1, -0.05) is 39.8 Å². The number of carbonyl (C=O) groups excluding carboxylic acids is 3. The standard InChI is InChI=1S/C30H44O5/c1-16(18(3)28(34)35-7)8-9-17(2)20-10-11-21-26-24(32)14-22-19(4)23(31)12-13-29(22,5)27(26)25(33)15-30(20,21)6/h17-23,31H,1,8-15H2,2-7H3/t17-,18?,19+,20?,21?,22?,23+,29+,30-/m1/s1. The molecule has 194 valence electrons. The van der Waals surface area contributed by atoms with Gasteiger partial charge < -0.3 is 9.84 Å². The van der Waals surface area contributed by atoms with E-state index in [4.69, 9.17) is 4.74 Å². The third-order valence-electron chi connectivity index (χ3n) is 10.9. The molecule has 0 bridgehead atoms. The minimum absolute atomic E-state index is 0.0321. The van der Waals surface area contributed by atoms with E-state index in [1.54, 1.807) is 0 Å². The molecule has 0 radical (unpaired) electrons. The molecule has 1 N–H and O–H groups in total. The molecule has 9 atom stereocenters. The van der Waals surface area contributed by atoms with Crippen LogP contribution in [0.5, 0.6) is 0 Å². The molecule has 2 fully saturated rings. The molecule has 0 aromatic carbocycles. The van der Waals surface area contributed by atoms with Gasteiger partial charge in [-0.25, -0.2) is 0 Å². The van der Waals surface area contributed by atoms with Crippen molar-refractivity contribution in [2.75, 3.05) is 7.11 Å². The van der Waals surface area contributed by atoms with Crippen molar-refractivity contribution in [3.8, 4) is 0 Å². The average molecular weight is 485 g/mol. The number of ketones is 2. The highest BCUT2D eigenvalue weighted by molar-refractivity contribution is 6.10. The second kappa shape index (κ2) is 9.28. The fourth-order valence-electron chi connectivity index (χ4n) is 8.60. The Morgan fingerprint density at radius 3 is 2.51 bits per heavy atom. The number of allylic oxidation sites excluding steroid dienone is 2. The minimum atomic E-state index is -0.389. The molecule has 0 aromatic rings. The van der Waals surface area contributed by atoms with E-state index in [1.807, 2.05) is 13.8 Å². The van der Waals surface area contributed by atoms with Crippen molar-refractivity contribution in [2.24, 2.45) is 46.3 Å². The normalized spacial score (nSPS) is 40.5. The number of carbonyl (C=O) groups is 3. The first-order valence-electron chi connectivity index (χ1n) is 13.6. The van der Waals surface area contributed by atoms with Gasteiger partial charge in [0, 0.05) is 29.4 Å². The Hall–Kier alpha value is -1.75. The Kier molecular flexibility index (Phi) is 6.98. The minimum Gasteiger partial charge on any atom is -0.469 e. The summed E-state index contributed by atoms with van der Waals surface area (Å²) < 4.78 is 4.87. The van der Waals surface area contributed by atoms with E-state index in [9.17, 15) is 19.5 Å². The van der Waals surface area contributed by atoms with Gasteiger partial charge in [-0.05, 0) is 80.5 Å². The maximum atomic E-state index is 13.9. The Morgan fingerprint density at radius 1 is 1.17 bits per heavy atom. The van der Waals surface area contributed by atoms with Crippen LogP contribution in [0.1, 0.15) is 86.0 Å². The van der Waals surface area contributed by atoms with E-state index in [0.29, 0.717) is 31.1 Å². The molecule has 0 aromatic heterocycles. The molecular formula is C30H44O5. The predicted molar refractivity (Wildman–Crippen MR) is 135 cm³/mol. The van der Waals surface area contributed by atoms with Gasteiger partial charge >= 0.3 is 5.97 Å².